The number of aromatic nitrogens is 1. The molecule has 0 fully saturated rings. The van der Waals surface area contributed by atoms with E-state index in [4.69, 9.17) is 4.74 Å². The minimum Gasteiger partial charge on any atom is -0.371 e. The molecular weight excluding hydrogens is 196 g/mol. The summed E-state index contributed by atoms with van der Waals surface area (Å²) in [4.78, 5) is 4.54. The number of hydrogen-bond acceptors (Lipinski definition) is 4. The van der Waals surface area contributed by atoms with Crippen molar-refractivity contribution in [3.63, 3.8) is 0 Å². The summed E-state index contributed by atoms with van der Waals surface area (Å²) in [5.41, 5.74) is 0.862. The van der Waals surface area contributed by atoms with E-state index in [0.29, 0.717) is 0 Å². The lowest BCUT2D eigenvalue weighted by atomic mass is 10.1. The lowest BCUT2D eigenvalue weighted by molar-refractivity contribution is -0.00167. The van der Waals surface area contributed by atoms with Gasteiger partial charge in [-0.1, -0.05) is 6.92 Å². The highest BCUT2D eigenvalue weighted by molar-refractivity contribution is 7.09. The van der Waals surface area contributed by atoms with Crippen molar-refractivity contribution in [1.29, 1.82) is 0 Å². The molecule has 0 aliphatic heterocycles. The Hall–Kier alpha value is -0.450. The average molecular weight is 214 g/mol. The van der Waals surface area contributed by atoms with Crippen molar-refractivity contribution in [1.82, 2.24) is 10.3 Å². The van der Waals surface area contributed by atoms with E-state index >= 15 is 0 Å². The normalized spacial score (nSPS) is 15.4. The molecule has 1 unspecified atom stereocenters. The molecule has 1 N–H and O–H groups in total. The first-order valence-electron chi connectivity index (χ1n) is 4.81. The third-order valence-corrected chi connectivity index (χ3v) is 3.62. The topological polar surface area (TPSA) is 34.1 Å². The van der Waals surface area contributed by atoms with Crippen LogP contribution >= 0.6 is 11.3 Å². The molecule has 3 nitrogen and oxygen atoms in total. The van der Waals surface area contributed by atoms with E-state index < -0.39 is 0 Å². The zero-order valence-corrected chi connectivity index (χ0v) is 10.1. The lowest BCUT2D eigenvalue weighted by Crippen LogP contribution is -2.23. The van der Waals surface area contributed by atoms with Crippen LogP contribution in [-0.4, -0.2) is 19.1 Å². The highest BCUT2D eigenvalue weighted by Gasteiger charge is 2.27. The van der Waals surface area contributed by atoms with Gasteiger partial charge in [-0.2, -0.15) is 0 Å². The van der Waals surface area contributed by atoms with Crippen molar-refractivity contribution in [2.24, 2.45) is 0 Å². The molecule has 0 aliphatic carbocycles. The van der Waals surface area contributed by atoms with E-state index in [1.165, 1.54) is 0 Å². The maximum atomic E-state index is 5.49. The number of methoxy groups -OCH3 is 1. The molecule has 0 aliphatic rings. The van der Waals surface area contributed by atoms with Gasteiger partial charge in [-0.05, 0) is 20.4 Å². The van der Waals surface area contributed by atoms with Crippen LogP contribution in [-0.2, 0) is 16.9 Å². The predicted octanol–water partition coefficient (Wildman–Crippen LogP) is 2.13. The van der Waals surface area contributed by atoms with Gasteiger partial charge in [0.2, 0.25) is 0 Å². The molecule has 0 saturated heterocycles. The van der Waals surface area contributed by atoms with Gasteiger partial charge in [0.05, 0.1) is 5.69 Å². The van der Waals surface area contributed by atoms with Crippen LogP contribution in [0.15, 0.2) is 5.38 Å². The van der Waals surface area contributed by atoms with Crippen LogP contribution in [0.5, 0.6) is 0 Å². The Morgan fingerprint density at radius 1 is 1.64 bits per heavy atom. The molecule has 1 aromatic rings. The summed E-state index contributed by atoms with van der Waals surface area (Å²) in [6.45, 7) is 5.01. The summed E-state index contributed by atoms with van der Waals surface area (Å²) in [7, 11) is 3.66. The molecule has 1 heterocycles. The van der Waals surface area contributed by atoms with E-state index in [2.05, 4.69) is 29.5 Å². The summed E-state index contributed by atoms with van der Waals surface area (Å²) in [5, 5.41) is 6.23. The van der Waals surface area contributed by atoms with Crippen LogP contribution in [0, 0.1) is 0 Å². The third kappa shape index (κ3) is 2.32. The van der Waals surface area contributed by atoms with E-state index in [0.717, 1.165) is 23.7 Å². The monoisotopic (exact) mass is 214 g/mol. The van der Waals surface area contributed by atoms with Gasteiger partial charge in [-0.3, -0.25) is 0 Å². The van der Waals surface area contributed by atoms with Crippen LogP contribution < -0.4 is 5.32 Å². The van der Waals surface area contributed by atoms with E-state index in [1.54, 1.807) is 18.4 Å². The van der Waals surface area contributed by atoms with Gasteiger partial charge in [-0.15, -0.1) is 11.3 Å². The molecule has 1 rings (SSSR count). The number of rotatable bonds is 5. The minimum absolute atomic E-state index is 0.226. The Morgan fingerprint density at radius 2 is 2.36 bits per heavy atom. The van der Waals surface area contributed by atoms with Crippen LogP contribution in [0.1, 0.15) is 31.0 Å². The maximum Gasteiger partial charge on any atom is 0.125 e. The molecule has 0 saturated carbocycles. The Kier molecular flexibility index (Phi) is 4.04. The zero-order valence-electron chi connectivity index (χ0n) is 9.26. The van der Waals surface area contributed by atoms with Gasteiger partial charge in [0.1, 0.15) is 10.6 Å². The number of nitrogens with one attached hydrogen (secondary N) is 1. The van der Waals surface area contributed by atoms with E-state index in [1.807, 2.05) is 7.05 Å². The van der Waals surface area contributed by atoms with Crippen molar-refractivity contribution in [3.05, 3.63) is 16.1 Å². The second-order valence-corrected chi connectivity index (χ2v) is 4.32. The first-order valence-corrected chi connectivity index (χ1v) is 5.69. The molecule has 0 bridgehead atoms. The standard InChI is InChI=1S/C10H18N2OS/c1-5-10(2,13-4)9-12-8(6-11-3)7-14-9/h7,11H,5-6H2,1-4H3. The smallest absolute Gasteiger partial charge is 0.125 e. The molecule has 0 aromatic carbocycles. The summed E-state index contributed by atoms with van der Waals surface area (Å²) in [5.74, 6) is 0. The summed E-state index contributed by atoms with van der Waals surface area (Å²) in [6.07, 6.45) is 0.940. The van der Waals surface area contributed by atoms with E-state index in [9.17, 15) is 0 Å². The molecule has 0 spiro atoms. The van der Waals surface area contributed by atoms with Gasteiger partial charge in [0.25, 0.3) is 0 Å². The van der Waals surface area contributed by atoms with Crippen molar-refractivity contribution < 1.29 is 4.74 Å². The van der Waals surface area contributed by atoms with Crippen LogP contribution in [0.4, 0.5) is 0 Å². The molecule has 14 heavy (non-hydrogen) atoms. The Morgan fingerprint density at radius 3 is 2.86 bits per heavy atom. The van der Waals surface area contributed by atoms with Crippen LogP contribution in [0.25, 0.3) is 0 Å². The molecule has 80 valence electrons. The fourth-order valence-electron chi connectivity index (χ4n) is 1.20. The molecule has 0 radical (unpaired) electrons. The second kappa shape index (κ2) is 4.87. The third-order valence-electron chi connectivity index (χ3n) is 2.49. The SMILES string of the molecule is CCC(C)(OC)c1nc(CNC)cs1. The first-order chi connectivity index (χ1) is 6.66. The predicted molar refractivity (Wildman–Crippen MR) is 59.5 cm³/mol. The number of ether oxygens (including phenoxy) is 1. The zero-order chi connectivity index (χ0) is 10.6. The van der Waals surface area contributed by atoms with Crippen LogP contribution in [0.2, 0.25) is 0 Å². The van der Waals surface area contributed by atoms with Gasteiger partial charge in [-0.25, -0.2) is 4.98 Å². The lowest BCUT2D eigenvalue weighted by Gasteiger charge is -2.23. The molecule has 0 amide bonds. The maximum absolute atomic E-state index is 5.49. The second-order valence-electron chi connectivity index (χ2n) is 3.46. The van der Waals surface area contributed by atoms with Gasteiger partial charge in [0, 0.05) is 19.0 Å². The largest absolute Gasteiger partial charge is 0.371 e. The number of hydrogen-bond donors (Lipinski definition) is 1. The molecular formula is C10H18N2OS. The Labute approximate surface area is 89.5 Å². The number of nitrogens with zero attached hydrogens (tertiary/aromatic N) is 1. The van der Waals surface area contributed by atoms with Crippen molar-refractivity contribution in [2.75, 3.05) is 14.2 Å². The molecule has 1 atom stereocenters. The molecule has 1 aromatic heterocycles. The van der Waals surface area contributed by atoms with Crippen molar-refractivity contribution in [3.8, 4) is 0 Å². The van der Waals surface area contributed by atoms with Gasteiger partial charge >= 0.3 is 0 Å². The molecule has 4 heteroatoms. The van der Waals surface area contributed by atoms with Gasteiger partial charge in [0.15, 0.2) is 0 Å². The minimum atomic E-state index is -0.226. The fraction of sp³-hybridized carbons (Fsp3) is 0.700. The van der Waals surface area contributed by atoms with Crippen molar-refractivity contribution >= 4 is 11.3 Å². The Balaban J connectivity index is 2.84. The van der Waals surface area contributed by atoms with Gasteiger partial charge < -0.3 is 10.1 Å². The quantitative estimate of drug-likeness (QED) is 0.815. The summed E-state index contributed by atoms with van der Waals surface area (Å²) >= 11 is 1.67. The highest BCUT2D eigenvalue weighted by atomic mass is 32.1. The average Bonchev–Trinajstić information content (AvgIpc) is 2.66. The van der Waals surface area contributed by atoms with E-state index in [-0.39, 0.29) is 5.60 Å². The summed E-state index contributed by atoms with van der Waals surface area (Å²) < 4.78 is 5.49. The Bertz CT molecular complexity index is 281. The first kappa shape index (κ1) is 11.6. The fourth-order valence-corrected chi connectivity index (χ4v) is 2.23. The highest BCUT2D eigenvalue weighted by Crippen LogP contribution is 2.30. The summed E-state index contributed by atoms with van der Waals surface area (Å²) in [6, 6.07) is 0. The van der Waals surface area contributed by atoms with Crippen molar-refractivity contribution in [2.45, 2.75) is 32.4 Å². The van der Waals surface area contributed by atoms with Crippen LogP contribution in [0.3, 0.4) is 0 Å². The number of thiazole rings is 1.